The molecule has 11 aromatic heterocycles. The van der Waals surface area contributed by atoms with Gasteiger partial charge in [0.2, 0.25) is 0 Å². The minimum atomic E-state index is -0.0179. The van der Waals surface area contributed by atoms with Gasteiger partial charge in [-0.25, -0.2) is 39.9 Å². The number of hydrogen-bond donors (Lipinski definition) is 4. The summed E-state index contributed by atoms with van der Waals surface area (Å²) in [6, 6.07) is 58.5. The van der Waals surface area contributed by atoms with Gasteiger partial charge in [-0.2, -0.15) is 0 Å². The molecule has 27 nitrogen and oxygen atoms in total. The largest absolute Gasteiger partial charge is 0.491 e. The molecule has 1 unspecified atom stereocenters. The van der Waals surface area contributed by atoms with Crippen LogP contribution in [0.4, 0.5) is 52.2 Å². The second kappa shape index (κ2) is 47.0. The van der Waals surface area contributed by atoms with E-state index in [2.05, 4.69) is 167 Å². The standard InChI is InChI=1S/C31H38N6O2.C29H33N5O3.C28H33N5O2.C19H22N4/c1-4-36(5-2)17-18-39-26-11-12-29(33-22-26)34-30-20-28-24(21-32-30)19-27(23-9-7-6-8-10-23)31(38)37(28)25-13-15-35(3)16-14-25;1-3-33(4-2)13-15-37-24-10-11-27(31-19-24)32-28-17-26-22(18-30-28)16-25(21-8-6-5-7-9-21)29(35)34(26)23-12-14-36-20-23;1-5-32(6-2)14-15-35-23-12-13-26(30-19-23)31-27-17-25-21(18-29-27)16-24(20(3)4)28(34)33(25)22-10-8-7-9-11-22;1-5-15-9-16-12-21-19(10-17(16)23(6-2)14(15)4)22-18-8-7-13(3)11-20-18/h6-12,19-22,25H,4-5,13-18H2,1-3H3,(H,32,33,34);5-11,16-19,23H,3-4,12-15,20H2,1-2H3,(H,30,31,32);7-13,16-20H,5-6,14-15H2,1-4H3,(H,29,30,31);7-12H,4-6H2,1-3H3,(H,20,21,22). The molecule has 14 heterocycles. The number of rotatable bonds is 34. The van der Waals surface area contributed by atoms with E-state index in [0.29, 0.717) is 79.1 Å². The summed E-state index contributed by atoms with van der Waals surface area (Å²) in [5.41, 5.74) is 13.1. The second-order valence-electron chi connectivity index (χ2n) is 33.7. The van der Waals surface area contributed by atoms with E-state index >= 15 is 0 Å². The fraction of sp³-hybridized carbons (Fsp3) is 0.336. The van der Waals surface area contributed by atoms with E-state index in [-0.39, 0.29) is 34.7 Å². The molecule has 4 N–H and O–H groups in total. The molecule has 2 fully saturated rings. The van der Waals surface area contributed by atoms with Gasteiger partial charge in [-0.15, -0.1) is 0 Å². The predicted octanol–water partition coefficient (Wildman–Crippen LogP) is 20.1. The molecule has 2 saturated heterocycles. The Bertz CT molecular complexity index is 6420. The maximum Gasteiger partial charge on any atom is 0.259 e. The van der Waals surface area contributed by atoms with Crippen LogP contribution >= 0.6 is 0 Å². The molecule has 1 atom stereocenters. The zero-order valence-corrected chi connectivity index (χ0v) is 79.3. The van der Waals surface area contributed by atoms with Crippen molar-refractivity contribution in [2.45, 2.75) is 120 Å². The van der Waals surface area contributed by atoms with Gasteiger partial charge in [0.15, 0.2) is 0 Å². The van der Waals surface area contributed by atoms with Crippen molar-refractivity contribution in [1.29, 1.82) is 0 Å². The third kappa shape index (κ3) is 24.5. The molecule has 0 bridgehead atoms. The first-order chi connectivity index (χ1) is 65.3. The van der Waals surface area contributed by atoms with Crippen molar-refractivity contribution in [3.05, 3.63) is 297 Å². The highest BCUT2D eigenvalue weighted by Gasteiger charge is 2.27. The number of likely N-dealkylation sites (tertiary alicyclic amines) is 1. The van der Waals surface area contributed by atoms with Crippen molar-refractivity contribution in [3.63, 3.8) is 0 Å². The summed E-state index contributed by atoms with van der Waals surface area (Å²) in [5.74, 6) is 7.76. The van der Waals surface area contributed by atoms with E-state index in [4.69, 9.17) is 18.9 Å². The summed E-state index contributed by atoms with van der Waals surface area (Å²) in [7, 11) is 2.14. The zero-order chi connectivity index (χ0) is 94.0. The molecule has 14 aromatic rings. The van der Waals surface area contributed by atoms with Gasteiger partial charge in [-0.05, 0) is 206 Å². The van der Waals surface area contributed by atoms with E-state index in [1.165, 1.54) is 5.57 Å². The van der Waals surface area contributed by atoms with Crippen LogP contribution in [0, 0.1) is 6.92 Å². The average molecular weight is 1800 g/mol. The van der Waals surface area contributed by atoms with Crippen LogP contribution in [0.2, 0.25) is 0 Å². The first-order valence-electron chi connectivity index (χ1n) is 47.0. The molecule has 17 rings (SSSR count). The fourth-order valence-corrected chi connectivity index (χ4v) is 16.8. The summed E-state index contributed by atoms with van der Waals surface area (Å²) in [6.45, 7) is 42.1. The quantitative estimate of drug-likeness (QED) is 0.0292. The highest BCUT2D eigenvalue weighted by molar-refractivity contribution is 5.88. The third-order valence-corrected chi connectivity index (χ3v) is 24.7. The van der Waals surface area contributed by atoms with Crippen LogP contribution in [0.25, 0.3) is 66.7 Å². The number of fused-ring (bicyclic) bond motifs is 4. The lowest BCUT2D eigenvalue weighted by atomic mass is 9.99. The Morgan fingerprint density at radius 1 is 0.448 bits per heavy atom. The second-order valence-corrected chi connectivity index (χ2v) is 33.7. The van der Waals surface area contributed by atoms with Gasteiger partial charge in [0.1, 0.15) is 83.6 Å². The Hall–Kier alpha value is -13.8. The van der Waals surface area contributed by atoms with Crippen LogP contribution in [0.15, 0.2) is 264 Å². The van der Waals surface area contributed by atoms with Gasteiger partial charge < -0.3 is 73.8 Å². The number of nitrogens with one attached hydrogen (secondary N) is 4. The van der Waals surface area contributed by atoms with Gasteiger partial charge in [-0.1, -0.05) is 154 Å². The lowest BCUT2D eigenvalue weighted by Crippen LogP contribution is -2.36. The maximum atomic E-state index is 13.9. The molecule has 0 amide bonds. The lowest BCUT2D eigenvalue weighted by Gasteiger charge is -2.32. The Morgan fingerprint density at radius 3 is 1.26 bits per heavy atom. The van der Waals surface area contributed by atoms with Crippen molar-refractivity contribution in [2.24, 2.45) is 0 Å². The van der Waals surface area contributed by atoms with E-state index in [9.17, 15) is 14.4 Å². The Kier molecular flexibility index (Phi) is 33.8. The number of allylic oxidation sites excluding steroid dienone is 1. The van der Waals surface area contributed by atoms with Crippen LogP contribution < -0.4 is 57.1 Å². The van der Waals surface area contributed by atoms with E-state index in [1.54, 1.807) is 35.6 Å². The van der Waals surface area contributed by atoms with E-state index in [1.807, 2.05) is 224 Å². The van der Waals surface area contributed by atoms with Gasteiger partial charge in [0.25, 0.3) is 16.7 Å². The van der Waals surface area contributed by atoms with Gasteiger partial charge in [0, 0.05) is 144 Å². The number of pyridine rings is 11. The van der Waals surface area contributed by atoms with Crippen molar-refractivity contribution in [2.75, 3.05) is 145 Å². The smallest absolute Gasteiger partial charge is 0.259 e. The van der Waals surface area contributed by atoms with Gasteiger partial charge in [-0.3, -0.25) is 19.0 Å². The van der Waals surface area contributed by atoms with Crippen molar-refractivity contribution < 1.29 is 18.9 Å². The van der Waals surface area contributed by atoms with Gasteiger partial charge in [0.05, 0.1) is 53.5 Å². The van der Waals surface area contributed by atoms with Gasteiger partial charge >= 0.3 is 0 Å². The van der Waals surface area contributed by atoms with E-state index < -0.39 is 0 Å². The van der Waals surface area contributed by atoms with E-state index in [0.717, 1.165) is 211 Å². The summed E-state index contributed by atoms with van der Waals surface area (Å²) in [4.78, 5) is 88.7. The van der Waals surface area contributed by atoms with Crippen LogP contribution in [-0.2, 0) is 4.74 Å². The molecule has 0 spiro atoms. The third-order valence-electron chi connectivity index (χ3n) is 24.7. The zero-order valence-electron chi connectivity index (χ0n) is 79.3. The van der Waals surface area contributed by atoms with Crippen LogP contribution in [-0.4, -0.2) is 192 Å². The Balaban J connectivity index is 0.000000145. The number of ether oxygens (including phenoxy) is 4. The molecule has 3 aliphatic heterocycles. The van der Waals surface area contributed by atoms with Crippen LogP contribution in [0.1, 0.15) is 130 Å². The average Bonchev–Trinajstić information content (AvgIpc) is 1.02. The van der Waals surface area contributed by atoms with Crippen LogP contribution in [0.3, 0.4) is 0 Å². The van der Waals surface area contributed by atoms with Crippen molar-refractivity contribution >= 4 is 91.0 Å². The molecule has 3 aromatic carbocycles. The molecule has 3 aliphatic rings. The number of hydrogen-bond acceptors (Lipinski definition) is 24. The summed E-state index contributed by atoms with van der Waals surface area (Å²) < 4.78 is 28.8. The molecule has 696 valence electrons. The van der Waals surface area contributed by atoms with Crippen molar-refractivity contribution in [3.8, 4) is 45.2 Å². The SMILES string of the molecule is C=C1C(CC)=Cc2cnc(Nc3ccc(C)cn3)cc2N1CC.CCN(CC)CCOc1ccc(Nc2cc3c(cn2)cc(-c2ccccc2)c(=O)n3C2CCN(C)CC2)nc1.CCN(CC)CCOc1ccc(Nc2cc3c(cn2)cc(-c2ccccc2)c(=O)n3C2CCOC2)nc1.CCN(CC)CCOc1ccc(Nc2cc3c(cn2)cc(C(C)C)c(=O)n3-c2ccccc2)nc1. The molecular weight excluding hydrogens is 1680 g/mol. The fourth-order valence-electron chi connectivity index (χ4n) is 16.8. The number of aromatic nitrogens is 11. The lowest BCUT2D eigenvalue weighted by molar-refractivity contribution is 0.186. The Morgan fingerprint density at radius 2 is 0.858 bits per heavy atom. The minimum Gasteiger partial charge on any atom is -0.491 e. The predicted molar refractivity (Wildman–Crippen MR) is 544 cm³/mol. The maximum absolute atomic E-state index is 13.9. The summed E-state index contributed by atoms with van der Waals surface area (Å²) >= 11 is 0. The summed E-state index contributed by atoms with van der Waals surface area (Å²) in [6.07, 6.45) is 20.2. The Labute approximate surface area is 785 Å². The number of nitrogens with zero attached hydrogens (tertiary/aromatic N) is 16. The topological polar surface area (TPSA) is 270 Å². The molecule has 134 heavy (non-hydrogen) atoms. The number of anilines is 9. The minimum absolute atomic E-state index is 0.0137. The highest BCUT2D eigenvalue weighted by Crippen LogP contribution is 2.38. The monoisotopic (exact) mass is 1800 g/mol. The number of aryl methyl sites for hydroxylation is 1. The highest BCUT2D eigenvalue weighted by atomic mass is 16.5. The number of benzene rings is 3. The molecule has 0 saturated carbocycles. The summed E-state index contributed by atoms with van der Waals surface area (Å²) in [5, 5.41) is 15.9. The molecule has 27 heteroatoms. The number of para-hydroxylation sites is 1. The molecule has 0 aliphatic carbocycles. The van der Waals surface area contributed by atoms with Crippen LogP contribution in [0.5, 0.6) is 17.2 Å². The van der Waals surface area contributed by atoms with Crippen molar-refractivity contribution in [1.82, 2.24) is 73.2 Å². The number of likely N-dealkylation sites (N-methyl/N-ethyl adjacent to an activating group) is 4. The molecular formula is C107H126N20O7. The number of piperidine rings is 1. The first kappa shape index (κ1) is 96.2. The molecule has 0 radical (unpaired) electrons. The first-order valence-corrected chi connectivity index (χ1v) is 47.0. The normalized spacial score (nSPS) is 13.8.